The SMILES string of the molecule is Cc1nc(COc2ccc(NC(=O)c3ccccc3Oc3cccnc3)cc2)no1. The second-order valence-electron chi connectivity index (χ2n) is 6.28. The van der Waals surface area contributed by atoms with Crippen LogP contribution in [-0.2, 0) is 6.61 Å². The monoisotopic (exact) mass is 402 g/mol. The number of pyridine rings is 1. The number of nitrogens with one attached hydrogen (secondary N) is 1. The van der Waals surface area contributed by atoms with E-state index < -0.39 is 0 Å². The summed E-state index contributed by atoms with van der Waals surface area (Å²) in [6, 6.07) is 17.6. The van der Waals surface area contributed by atoms with E-state index in [-0.39, 0.29) is 12.5 Å². The van der Waals surface area contributed by atoms with Crippen molar-refractivity contribution in [1.82, 2.24) is 15.1 Å². The number of benzene rings is 2. The molecule has 8 heteroatoms. The van der Waals surface area contributed by atoms with E-state index in [1.54, 1.807) is 80.0 Å². The number of hydrogen-bond donors (Lipinski definition) is 1. The van der Waals surface area contributed by atoms with Gasteiger partial charge in [0.2, 0.25) is 11.7 Å². The van der Waals surface area contributed by atoms with Gasteiger partial charge in [-0.2, -0.15) is 4.98 Å². The Hall–Kier alpha value is -4.20. The molecule has 2 heterocycles. The first-order valence-corrected chi connectivity index (χ1v) is 9.18. The lowest BCUT2D eigenvalue weighted by Gasteiger charge is -2.11. The highest BCUT2D eigenvalue weighted by Gasteiger charge is 2.13. The number of aryl methyl sites for hydroxylation is 1. The van der Waals surface area contributed by atoms with Crippen molar-refractivity contribution in [3.63, 3.8) is 0 Å². The van der Waals surface area contributed by atoms with Crippen molar-refractivity contribution in [3.8, 4) is 17.2 Å². The van der Waals surface area contributed by atoms with Crippen LogP contribution >= 0.6 is 0 Å². The molecule has 150 valence electrons. The number of aromatic nitrogens is 3. The number of nitrogens with zero attached hydrogens (tertiary/aromatic N) is 3. The molecule has 0 radical (unpaired) electrons. The molecule has 0 fully saturated rings. The summed E-state index contributed by atoms with van der Waals surface area (Å²) in [5.41, 5.74) is 1.04. The summed E-state index contributed by atoms with van der Waals surface area (Å²) in [7, 11) is 0. The maximum atomic E-state index is 12.8. The van der Waals surface area contributed by atoms with Crippen molar-refractivity contribution < 1.29 is 18.8 Å². The van der Waals surface area contributed by atoms with E-state index in [2.05, 4.69) is 20.4 Å². The Bertz CT molecular complexity index is 1130. The standard InChI is InChI=1S/C22H18N4O4/c1-15-24-21(26-30-15)14-28-17-10-8-16(9-11-17)25-22(27)19-6-2-3-7-20(19)29-18-5-4-12-23-13-18/h2-13H,14H2,1H3,(H,25,27). The molecule has 8 nitrogen and oxygen atoms in total. The Morgan fingerprint density at radius 2 is 1.87 bits per heavy atom. The van der Waals surface area contributed by atoms with Gasteiger partial charge in [-0.15, -0.1) is 0 Å². The predicted octanol–water partition coefficient (Wildman–Crippen LogP) is 4.40. The van der Waals surface area contributed by atoms with E-state index in [1.807, 2.05) is 0 Å². The number of hydrogen-bond acceptors (Lipinski definition) is 7. The molecular weight excluding hydrogens is 384 g/mol. The molecule has 0 spiro atoms. The summed E-state index contributed by atoms with van der Waals surface area (Å²) in [5.74, 6) is 2.28. The highest BCUT2D eigenvalue weighted by Crippen LogP contribution is 2.26. The maximum absolute atomic E-state index is 12.8. The van der Waals surface area contributed by atoms with E-state index in [1.165, 1.54) is 0 Å². The fraction of sp³-hybridized carbons (Fsp3) is 0.0909. The van der Waals surface area contributed by atoms with Gasteiger partial charge < -0.3 is 19.3 Å². The number of para-hydroxylation sites is 1. The summed E-state index contributed by atoms with van der Waals surface area (Å²) in [4.78, 5) is 20.9. The predicted molar refractivity (Wildman–Crippen MR) is 109 cm³/mol. The van der Waals surface area contributed by atoms with Gasteiger partial charge in [0.25, 0.3) is 5.91 Å². The van der Waals surface area contributed by atoms with Crippen molar-refractivity contribution in [2.24, 2.45) is 0 Å². The minimum absolute atomic E-state index is 0.197. The Morgan fingerprint density at radius 3 is 2.60 bits per heavy atom. The van der Waals surface area contributed by atoms with Crippen LogP contribution in [-0.4, -0.2) is 21.0 Å². The number of ether oxygens (including phenoxy) is 2. The molecule has 30 heavy (non-hydrogen) atoms. The third-order valence-corrected chi connectivity index (χ3v) is 4.04. The summed E-state index contributed by atoms with van der Waals surface area (Å²) in [6.45, 7) is 1.91. The molecule has 4 aromatic rings. The lowest BCUT2D eigenvalue weighted by atomic mass is 10.2. The van der Waals surface area contributed by atoms with Crippen LogP contribution < -0.4 is 14.8 Å². The van der Waals surface area contributed by atoms with E-state index in [0.717, 1.165) is 0 Å². The van der Waals surface area contributed by atoms with Gasteiger partial charge in [-0.05, 0) is 48.5 Å². The van der Waals surface area contributed by atoms with Crippen molar-refractivity contribution in [3.05, 3.63) is 90.3 Å². The molecule has 4 rings (SSSR count). The van der Waals surface area contributed by atoms with Crippen LogP contribution in [0.5, 0.6) is 17.2 Å². The highest BCUT2D eigenvalue weighted by atomic mass is 16.5. The zero-order chi connectivity index (χ0) is 20.8. The van der Waals surface area contributed by atoms with Gasteiger partial charge in [0.05, 0.1) is 11.8 Å². The Morgan fingerprint density at radius 1 is 1.03 bits per heavy atom. The second-order valence-corrected chi connectivity index (χ2v) is 6.28. The number of carbonyl (C=O) groups is 1. The topological polar surface area (TPSA) is 99.4 Å². The third-order valence-electron chi connectivity index (χ3n) is 4.04. The average Bonchev–Trinajstić information content (AvgIpc) is 3.19. The molecular formula is C22H18N4O4. The third kappa shape index (κ3) is 4.79. The fourth-order valence-electron chi connectivity index (χ4n) is 2.66. The summed E-state index contributed by atoms with van der Waals surface area (Å²) < 4.78 is 16.3. The van der Waals surface area contributed by atoms with Gasteiger partial charge in [-0.1, -0.05) is 17.3 Å². The molecule has 2 aromatic heterocycles. The molecule has 0 atom stereocenters. The molecule has 0 bridgehead atoms. The van der Waals surface area contributed by atoms with Gasteiger partial charge in [-0.3, -0.25) is 9.78 Å². The molecule has 0 aliphatic carbocycles. The number of amides is 1. The summed E-state index contributed by atoms with van der Waals surface area (Å²) in [5, 5.41) is 6.63. The Labute approximate surface area is 172 Å². The molecule has 0 saturated carbocycles. The Kier molecular flexibility index (Phi) is 5.66. The number of carbonyl (C=O) groups excluding carboxylic acids is 1. The minimum Gasteiger partial charge on any atom is -0.485 e. The first kappa shape index (κ1) is 19.1. The smallest absolute Gasteiger partial charge is 0.259 e. The molecule has 0 saturated heterocycles. The van der Waals surface area contributed by atoms with E-state index in [4.69, 9.17) is 14.0 Å². The zero-order valence-electron chi connectivity index (χ0n) is 16.1. The van der Waals surface area contributed by atoms with E-state index in [9.17, 15) is 4.79 Å². The van der Waals surface area contributed by atoms with Crippen molar-refractivity contribution in [2.75, 3.05) is 5.32 Å². The maximum Gasteiger partial charge on any atom is 0.259 e. The first-order valence-electron chi connectivity index (χ1n) is 9.18. The average molecular weight is 402 g/mol. The highest BCUT2D eigenvalue weighted by molar-refractivity contribution is 6.06. The molecule has 1 N–H and O–H groups in total. The van der Waals surface area contributed by atoms with Crippen LogP contribution in [0, 0.1) is 6.92 Å². The largest absolute Gasteiger partial charge is 0.485 e. The van der Waals surface area contributed by atoms with Gasteiger partial charge in [0, 0.05) is 18.8 Å². The van der Waals surface area contributed by atoms with Crippen molar-refractivity contribution >= 4 is 11.6 Å². The Balaban J connectivity index is 1.40. The molecule has 0 aliphatic rings. The van der Waals surface area contributed by atoms with E-state index in [0.29, 0.717) is 40.2 Å². The lowest BCUT2D eigenvalue weighted by Crippen LogP contribution is -2.13. The van der Waals surface area contributed by atoms with Crippen LogP contribution in [0.2, 0.25) is 0 Å². The van der Waals surface area contributed by atoms with Crippen LogP contribution in [0.15, 0.2) is 77.6 Å². The summed E-state index contributed by atoms with van der Waals surface area (Å²) >= 11 is 0. The van der Waals surface area contributed by atoms with Crippen molar-refractivity contribution in [1.29, 1.82) is 0 Å². The van der Waals surface area contributed by atoms with Gasteiger partial charge in [0.15, 0.2) is 6.61 Å². The quantitative estimate of drug-likeness (QED) is 0.489. The molecule has 0 unspecified atom stereocenters. The lowest BCUT2D eigenvalue weighted by molar-refractivity contribution is 0.102. The fourth-order valence-corrected chi connectivity index (χ4v) is 2.66. The summed E-state index contributed by atoms with van der Waals surface area (Å²) in [6.07, 6.45) is 3.24. The van der Waals surface area contributed by atoms with Crippen molar-refractivity contribution in [2.45, 2.75) is 13.5 Å². The van der Waals surface area contributed by atoms with Crippen LogP contribution in [0.1, 0.15) is 22.1 Å². The van der Waals surface area contributed by atoms with Crippen LogP contribution in [0.3, 0.4) is 0 Å². The minimum atomic E-state index is -0.287. The number of rotatable bonds is 7. The van der Waals surface area contributed by atoms with Gasteiger partial charge >= 0.3 is 0 Å². The normalized spacial score (nSPS) is 10.4. The first-order chi connectivity index (χ1) is 14.7. The van der Waals surface area contributed by atoms with Crippen LogP contribution in [0.25, 0.3) is 0 Å². The van der Waals surface area contributed by atoms with Gasteiger partial charge in [0.1, 0.15) is 17.2 Å². The molecule has 1 amide bonds. The van der Waals surface area contributed by atoms with E-state index >= 15 is 0 Å². The molecule has 2 aromatic carbocycles. The number of anilines is 1. The zero-order valence-corrected chi connectivity index (χ0v) is 16.1. The molecule has 0 aliphatic heterocycles. The van der Waals surface area contributed by atoms with Crippen LogP contribution in [0.4, 0.5) is 5.69 Å². The second kappa shape index (κ2) is 8.87. The van der Waals surface area contributed by atoms with Gasteiger partial charge in [-0.25, -0.2) is 0 Å².